The van der Waals surface area contributed by atoms with Gasteiger partial charge < -0.3 is 9.72 Å². The maximum atomic E-state index is 13.8. The number of H-pyrrole nitrogens is 1. The molecule has 2 unspecified atom stereocenters. The topological polar surface area (TPSA) is 55.0 Å². The van der Waals surface area contributed by atoms with Crippen LogP contribution in [0.1, 0.15) is 43.8 Å². The summed E-state index contributed by atoms with van der Waals surface area (Å²) in [5, 5.41) is 0. The van der Waals surface area contributed by atoms with Gasteiger partial charge in [-0.3, -0.25) is 4.21 Å². The zero-order valence-corrected chi connectivity index (χ0v) is 15.0. The van der Waals surface area contributed by atoms with E-state index in [9.17, 15) is 8.60 Å². The summed E-state index contributed by atoms with van der Waals surface area (Å²) in [5.74, 6) is 0.904. The SMILES string of the molecule is COc1ccc(F)cc1C(CS(=O)C(C)(C)C)c1ncc(C)[nH]1. The zero-order valence-electron chi connectivity index (χ0n) is 14.1. The van der Waals surface area contributed by atoms with Gasteiger partial charge in [-0.25, -0.2) is 9.37 Å². The molecule has 1 N–H and O–H groups in total. The molecule has 1 heterocycles. The van der Waals surface area contributed by atoms with Crippen LogP contribution in [0.25, 0.3) is 0 Å². The molecule has 0 bridgehead atoms. The number of aromatic amines is 1. The lowest BCUT2D eigenvalue weighted by Crippen LogP contribution is -2.27. The van der Waals surface area contributed by atoms with Crippen LogP contribution < -0.4 is 4.74 Å². The number of hydrogen-bond acceptors (Lipinski definition) is 3. The van der Waals surface area contributed by atoms with E-state index >= 15 is 0 Å². The predicted octanol–water partition coefficient (Wildman–Crippen LogP) is 3.54. The van der Waals surface area contributed by atoms with Crippen molar-refractivity contribution in [3.05, 3.63) is 47.3 Å². The van der Waals surface area contributed by atoms with Crippen LogP contribution >= 0.6 is 0 Å². The highest BCUT2D eigenvalue weighted by Crippen LogP contribution is 2.33. The van der Waals surface area contributed by atoms with Gasteiger partial charge in [-0.05, 0) is 45.9 Å². The second-order valence-electron chi connectivity index (χ2n) is 6.51. The van der Waals surface area contributed by atoms with Crippen molar-refractivity contribution in [3.8, 4) is 5.75 Å². The minimum Gasteiger partial charge on any atom is -0.496 e. The Bertz CT molecular complexity index is 707. The quantitative estimate of drug-likeness (QED) is 0.907. The number of benzene rings is 1. The van der Waals surface area contributed by atoms with E-state index in [1.807, 2.05) is 27.7 Å². The van der Waals surface area contributed by atoms with Gasteiger partial charge >= 0.3 is 0 Å². The summed E-state index contributed by atoms with van der Waals surface area (Å²) in [6.45, 7) is 7.68. The molecule has 0 saturated heterocycles. The van der Waals surface area contributed by atoms with Crippen LogP contribution in [0.2, 0.25) is 0 Å². The van der Waals surface area contributed by atoms with Crippen molar-refractivity contribution in [3.63, 3.8) is 0 Å². The molecule has 2 aromatic rings. The van der Waals surface area contributed by atoms with Gasteiger partial charge in [0, 0.05) is 38.8 Å². The molecule has 0 saturated carbocycles. The van der Waals surface area contributed by atoms with Crippen molar-refractivity contribution in [1.29, 1.82) is 0 Å². The summed E-state index contributed by atoms with van der Waals surface area (Å²) in [6.07, 6.45) is 1.72. The van der Waals surface area contributed by atoms with Gasteiger partial charge in [0.1, 0.15) is 17.4 Å². The summed E-state index contributed by atoms with van der Waals surface area (Å²) in [4.78, 5) is 7.54. The average Bonchev–Trinajstić information content (AvgIpc) is 2.89. The van der Waals surface area contributed by atoms with Gasteiger partial charge in [0.2, 0.25) is 0 Å². The molecule has 4 nitrogen and oxygen atoms in total. The van der Waals surface area contributed by atoms with E-state index < -0.39 is 10.8 Å². The van der Waals surface area contributed by atoms with E-state index in [0.717, 1.165) is 5.69 Å². The molecule has 2 atom stereocenters. The van der Waals surface area contributed by atoms with Crippen LogP contribution in [0.3, 0.4) is 0 Å². The molecule has 6 heteroatoms. The Kier molecular flexibility index (Phi) is 5.24. The molecule has 0 aliphatic rings. The van der Waals surface area contributed by atoms with Crippen LogP contribution in [-0.2, 0) is 10.8 Å². The lowest BCUT2D eigenvalue weighted by atomic mass is 9.99. The van der Waals surface area contributed by atoms with E-state index in [1.165, 1.54) is 12.1 Å². The number of halogens is 1. The molecule has 0 aliphatic heterocycles. The number of hydrogen-bond donors (Lipinski definition) is 1. The molecular formula is C17H23FN2O2S. The smallest absolute Gasteiger partial charge is 0.123 e. The van der Waals surface area contributed by atoms with Crippen LogP contribution in [0, 0.1) is 12.7 Å². The number of imidazole rings is 1. The van der Waals surface area contributed by atoms with Crippen LogP contribution in [0.4, 0.5) is 4.39 Å². The zero-order chi connectivity index (χ0) is 17.2. The van der Waals surface area contributed by atoms with E-state index in [-0.39, 0.29) is 16.5 Å². The van der Waals surface area contributed by atoms with E-state index in [4.69, 9.17) is 4.74 Å². The Morgan fingerprint density at radius 3 is 2.61 bits per heavy atom. The summed E-state index contributed by atoms with van der Waals surface area (Å²) in [6, 6.07) is 4.38. The molecule has 0 amide bonds. The van der Waals surface area contributed by atoms with Crippen LogP contribution in [0.15, 0.2) is 24.4 Å². The van der Waals surface area contributed by atoms with Crippen molar-refractivity contribution < 1.29 is 13.3 Å². The number of aryl methyl sites for hydroxylation is 1. The van der Waals surface area contributed by atoms with Crippen LogP contribution in [-0.4, -0.2) is 31.8 Å². The maximum Gasteiger partial charge on any atom is 0.123 e. The van der Waals surface area contributed by atoms with Crippen molar-refractivity contribution in [1.82, 2.24) is 9.97 Å². The van der Waals surface area contributed by atoms with Crippen molar-refractivity contribution in [2.75, 3.05) is 12.9 Å². The number of rotatable bonds is 5. The third-order valence-corrected chi connectivity index (χ3v) is 5.62. The first-order valence-corrected chi connectivity index (χ1v) is 8.77. The molecule has 2 rings (SSSR count). The Balaban J connectivity index is 2.50. The van der Waals surface area contributed by atoms with Crippen LogP contribution in [0.5, 0.6) is 5.75 Å². The second kappa shape index (κ2) is 6.83. The summed E-state index contributed by atoms with van der Waals surface area (Å²) >= 11 is 0. The first-order valence-electron chi connectivity index (χ1n) is 7.45. The first kappa shape index (κ1) is 17.7. The monoisotopic (exact) mass is 338 g/mol. The minimum absolute atomic E-state index is 0.325. The van der Waals surface area contributed by atoms with Gasteiger partial charge in [0.25, 0.3) is 0 Å². The lowest BCUT2D eigenvalue weighted by molar-refractivity contribution is 0.406. The van der Waals surface area contributed by atoms with E-state index in [2.05, 4.69) is 9.97 Å². The second-order valence-corrected chi connectivity index (χ2v) is 8.76. The molecule has 1 aromatic carbocycles. The van der Waals surface area contributed by atoms with Gasteiger partial charge in [-0.1, -0.05) is 0 Å². The Labute approximate surface area is 138 Å². The van der Waals surface area contributed by atoms with Crippen molar-refractivity contribution in [2.45, 2.75) is 38.4 Å². The fourth-order valence-corrected chi connectivity index (χ4v) is 3.45. The molecular weight excluding hydrogens is 315 g/mol. The molecule has 0 spiro atoms. The Morgan fingerprint density at radius 2 is 2.09 bits per heavy atom. The number of aromatic nitrogens is 2. The lowest BCUT2D eigenvalue weighted by Gasteiger charge is -2.23. The number of methoxy groups -OCH3 is 1. The Hall–Kier alpha value is -1.69. The average molecular weight is 338 g/mol. The summed E-state index contributed by atoms with van der Waals surface area (Å²) in [7, 11) is 0.430. The van der Waals surface area contributed by atoms with Crippen molar-refractivity contribution in [2.24, 2.45) is 0 Å². The van der Waals surface area contributed by atoms with Gasteiger partial charge in [-0.15, -0.1) is 0 Å². The minimum atomic E-state index is -1.11. The third-order valence-electron chi connectivity index (χ3n) is 3.62. The molecule has 1 aromatic heterocycles. The highest BCUT2D eigenvalue weighted by Gasteiger charge is 2.29. The standard InChI is InChI=1S/C17H23FN2O2S/c1-11-9-19-16(20-11)14(10-23(21)17(2,3)4)13-8-12(18)6-7-15(13)22-5/h6-9,14H,10H2,1-5H3,(H,19,20). The van der Waals surface area contributed by atoms with E-state index in [0.29, 0.717) is 22.9 Å². The molecule has 126 valence electrons. The summed E-state index contributed by atoms with van der Waals surface area (Å²) in [5.41, 5.74) is 1.56. The molecule has 0 radical (unpaired) electrons. The number of nitrogens with zero attached hydrogens (tertiary/aromatic N) is 1. The molecule has 23 heavy (non-hydrogen) atoms. The first-order chi connectivity index (χ1) is 10.7. The molecule has 0 aliphatic carbocycles. The van der Waals surface area contributed by atoms with Gasteiger partial charge in [-0.2, -0.15) is 0 Å². The highest BCUT2D eigenvalue weighted by molar-refractivity contribution is 7.86. The molecule has 0 fully saturated rings. The number of nitrogens with one attached hydrogen (secondary N) is 1. The largest absolute Gasteiger partial charge is 0.496 e. The van der Waals surface area contributed by atoms with Gasteiger partial charge in [0.05, 0.1) is 13.0 Å². The maximum absolute atomic E-state index is 13.8. The normalized spacial score (nSPS) is 14.5. The summed E-state index contributed by atoms with van der Waals surface area (Å²) < 4.78 is 31.4. The Morgan fingerprint density at radius 1 is 1.39 bits per heavy atom. The predicted molar refractivity (Wildman–Crippen MR) is 90.9 cm³/mol. The third kappa shape index (κ3) is 4.19. The van der Waals surface area contributed by atoms with Gasteiger partial charge in [0.15, 0.2) is 0 Å². The fraction of sp³-hybridized carbons (Fsp3) is 0.471. The fourth-order valence-electron chi connectivity index (χ4n) is 2.30. The van der Waals surface area contributed by atoms with Crippen molar-refractivity contribution >= 4 is 10.8 Å². The highest BCUT2D eigenvalue weighted by atomic mass is 32.2. The van der Waals surface area contributed by atoms with E-state index in [1.54, 1.807) is 19.4 Å². The number of ether oxygens (including phenoxy) is 1.